The van der Waals surface area contributed by atoms with E-state index in [-0.39, 0.29) is 18.1 Å². The second kappa shape index (κ2) is 8.24. The number of carbonyl (C=O) groups excluding carboxylic acids is 1. The van der Waals surface area contributed by atoms with Crippen molar-refractivity contribution in [3.8, 4) is 16.9 Å². The van der Waals surface area contributed by atoms with Gasteiger partial charge in [0.1, 0.15) is 11.9 Å². The first kappa shape index (κ1) is 19.4. The highest BCUT2D eigenvalue weighted by Gasteiger charge is 2.28. The van der Waals surface area contributed by atoms with Gasteiger partial charge in [-0.25, -0.2) is 0 Å². The second-order valence-corrected chi connectivity index (χ2v) is 7.94. The molecule has 0 N–H and O–H groups in total. The van der Waals surface area contributed by atoms with Gasteiger partial charge in [0.2, 0.25) is 5.91 Å². The number of carbonyl (C=O) groups is 1. The lowest BCUT2D eigenvalue weighted by Crippen LogP contribution is -2.47. The van der Waals surface area contributed by atoms with Gasteiger partial charge in [0.05, 0.1) is 5.52 Å². The SMILES string of the molecule is CCC(=O)N1CCC(Oc2ccc(-c3cc4ncccc4cc3C)cc2)CC1C. The number of hydrogen-bond acceptors (Lipinski definition) is 3. The van der Waals surface area contributed by atoms with Crippen LogP contribution < -0.4 is 4.74 Å². The Morgan fingerprint density at radius 3 is 2.72 bits per heavy atom. The fraction of sp³-hybridized carbons (Fsp3) is 0.360. The van der Waals surface area contributed by atoms with Gasteiger partial charge in [-0.3, -0.25) is 9.78 Å². The summed E-state index contributed by atoms with van der Waals surface area (Å²) < 4.78 is 6.23. The maximum Gasteiger partial charge on any atom is 0.222 e. The zero-order chi connectivity index (χ0) is 20.4. The summed E-state index contributed by atoms with van der Waals surface area (Å²) in [6.07, 6.45) is 4.32. The average molecular weight is 389 g/mol. The van der Waals surface area contributed by atoms with Gasteiger partial charge in [-0.15, -0.1) is 0 Å². The lowest BCUT2D eigenvalue weighted by Gasteiger charge is -2.37. The number of benzene rings is 2. The Kier molecular flexibility index (Phi) is 5.52. The Bertz CT molecular complexity index is 1010. The maximum atomic E-state index is 12.0. The smallest absolute Gasteiger partial charge is 0.222 e. The third-order valence-electron chi connectivity index (χ3n) is 5.87. The van der Waals surface area contributed by atoms with Crippen molar-refractivity contribution < 1.29 is 9.53 Å². The van der Waals surface area contributed by atoms with Crippen LogP contribution in [0.25, 0.3) is 22.0 Å². The highest BCUT2D eigenvalue weighted by atomic mass is 16.5. The predicted octanol–water partition coefficient (Wildman–Crippen LogP) is 5.38. The zero-order valence-electron chi connectivity index (χ0n) is 17.4. The van der Waals surface area contributed by atoms with Gasteiger partial charge in [0, 0.05) is 43.4 Å². The molecule has 2 heterocycles. The number of nitrogens with zero attached hydrogens (tertiary/aromatic N) is 2. The number of rotatable bonds is 4. The number of hydrogen-bond donors (Lipinski definition) is 0. The van der Waals surface area contributed by atoms with Crippen LogP contribution >= 0.6 is 0 Å². The molecule has 4 nitrogen and oxygen atoms in total. The summed E-state index contributed by atoms with van der Waals surface area (Å²) in [5, 5.41) is 1.16. The molecule has 29 heavy (non-hydrogen) atoms. The summed E-state index contributed by atoms with van der Waals surface area (Å²) in [4.78, 5) is 18.5. The van der Waals surface area contributed by atoms with Gasteiger partial charge >= 0.3 is 0 Å². The Morgan fingerprint density at radius 1 is 1.21 bits per heavy atom. The van der Waals surface area contributed by atoms with Gasteiger partial charge in [-0.05, 0) is 60.9 Å². The predicted molar refractivity (Wildman–Crippen MR) is 117 cm³/mol. The monoisotopic (exact) mass is 388 g/mol. The molecule has 1 aliphatic rings. The third kappa shape index (κ3) is 4.12. The second-order valence-electron chi connectivity index (χ2n) is 7.94. The van der Waals surface area contributed by atoms with E-state index in [1.807, 2.05) is 36.2 Å². The molecule has 4 heteroatoms. The molecule has 1 saturated heterocycles. The fourth-order valence-electron chi connectivity index (χ4n) is 4.26. The highest BCUT2D eigenvalue weighted by Crippen LogP contribution is 2.30. The van der Waals surface area contributed by atoms with Crippen LogP contribution in [-0.2, 0) is 4.79 Å². The topological polar surface area (TPSA) is 42.4 Å². The Labute approximate surface area is 172 Å². The van der Waals surface area contributed by atoms with E-state index in [1.54, 1.807) is 0 Å². The third-order valence-corrected chi connectivity index (χ3v) is 5.87. The number of piperidine rings is 1. The van der Waals surface area contributed by atoms with Gasteiger partial charge < -0.3 is 9.64 Å². The van der Waals surface area contributed by atoms with E-state index < -0.39 is 0 Å². The van der Waals surface area contributed by atoms with Crippen LogP contribution in [0.15, 0.2) is 54.7 Å². The summed E-state index contributed by atoms with van der Waals surface area (Å²) in [7, 11) is 0. The van der Waals surface area contributed by atoms with Crippen molar-refractivity contribution in [3.05, 3.63) is 60.3 Å². The molecular weight excluding hydrogens is 360 g/mol. The van der Waals surface area contributed by atoms with Crippen LogP contribution in [-0.4, -0.2) is 34.5 Å². The molecule has 0 bridgehead atoms. The van der Waals surface area contributed by atoms with Crippen LogP contribution in [0.2, 0.25) is 0 Å². The summed E-state index contributed by atoms with van der Waals surface area (Å²) >= 11 is 0. The number of aromatic nitrogens is 1. The van der Waals surface area contributed by atoms with Crippen molar-refractivity contribution >= 4 is 16.8 Å². The minimum atomic E-state index is 0.156. The molecule has 1 aromatic heterocycles. The molecule has 1 aliphatic heterocycles. The molecule has 0 aliphatic carbocycles. The number of likely N-dealkylation sites (tertiary alicyclic amines) is 1. The largest absolute Gasteiger partial charge is 0.490 e. The minimum absolute atomic E-state index is 0.156. The molecule has 1 amide bonds. The standard InChI is InChI=1S/C25H28N2O2/c1-4-25(28)27-13-11-22(15-18(27)3)29-21-9-7-19(8-10-21)23-16-24-20(14-17(23)2)6-5-12-26-24/h5-10,12,14,16,18,22H,4,11,13,15H2,1-3H3. The van der Waals surface area contributed by atoms with Crippen LogP contribution in [0.1, 0.15) is 38.7 Å². The molecule has 2 unspecified atom stereocenters. The molecule has 0 saturated carbocycles. The average Bonchev–Trinajstić information content (AvgIpc) is 2.73. The van der Waals surface area contributed by atoms with E-state index in [2.05, 4.69) is 49.2 Å². The molecule has 2 atom stereocenters. The number of amides is 1. The number of pyridine rings is 1. The highest BCUT2D eigenvalue weighted by molar-refractivity contribution is 5.86. The summed E-state index contributed by atoms with van der Waals surface area (Å²) in [5.41, 5.74) is 4.61. The van der Waals surface area contributed by atoms with Crippen LogP contribution in [0.3, 0.4) is 0 Å². The first-order valence-corrected chi connectivity index (χ1v) is 10.5. The van der Waals surface area contributed by atoms with Crippen molar-refractivity contribution in [2.45, 2.75) is 52.2 Å². The molecule has 0 spiro atoms. The van der Waals surface area contributed by atoms with Crippen molar-refractivity contribution in [2.75, 3.05) is 6.54 Å². The van der Waals surface area contributed by atoms with E-state index in [4.69, 9.17) is 4.74 Å². The molecule has 3 aromatic rings. The van der Waals surface area contributed by atoms with E-state index in [9.17, 15) is 4.79 Å². The Hall–Kier alpha value is -2.88. The molecule has 150 valence electrons. The summed E-state index contributed by atoms with van der Waals surface area (Å²) in [6, 6.07) is 17.0. The molecule has 4 rings (SSSR count). The van der Waals surface area contributed by atoms with Gasteiger partial charge in [-0.1, -0.05) is 25.1 Å². The number of aryl methyl sites for hydroxylation is 1. The first-order chi connectivity index (χ1) is 14.0. The first-order valence-electron chi connectivity index (χ1n) is 10.5. The van der Waals surface area contributed by atoms with Crippen LogP contribution in [0.4, 0.5) is 0 Å². The van der Waals surface area contributed by atoms with E-state index in [1.165, 1.54) is 16.7 Å². The molecular formula is C25H28N2O2. The van der Waals surface area contributed by atoms with Crippen molar-refractivity contribution in [3.63, 3.8) is 0 Å². The van der Waals surface area contributed by atoms with E-state index in [0.29, 0.717) is 6.42 Å². The van der Waals surface area contributed by atoms with E-state index in [0.717, 1.165) is 36.0 Å². The van der Waals surface area contributed by atoms with Gasteiger partial charge in [0.15, 0.2) is 0 Å². The van der Waals surface area contributed by atoms with Gasteiger partial charge in [0.25, 0.3) is 0 Å². The van der Waals surface area contributed by atoms with Crippen LogP contribution in [0, 0.1) is 6.92 Å². The van der Waals surface area contributed by atoms with Gasteiger partial charge in [-0.2, -0.15) is 0 Å². The zero-order valence-corrected chi connectivity index (χ0v) is 17.4. The van der Waals surface area contributed by atoms with Crippen molar-refractivity contribution in [1.29, 1.82) is 0 Å². The number of ether oxygens (including phenoxy) is 1. The number of fused-ring (bicyclic) bond motifs is 1. The summed E-state index contributed by atoms with van der Waals surface area (Å²) in [5.74, 6) is 1.12. The Balaban J connectivity index is 1.46. The molecule has 0 radical (unpaired) electrons. The summed E-state index contributed by atoms with van der Waals surface area (Å²) in [6.45, 7) is 6.95. The lowest BCUT2D eigenvalue weighted by molar-refractivity contribution is -0.135. The maximum absolute atomic E-state index is 12.0. The molecule has 1 fully saturated rings. The lowest BCUT2D eigenvalue weighted by atomic mass is 9.98. The fourth-order valence-corrected chi connectivity index (χ4v) is 4.26. The minimum Gasteiger partial charge on any atom is -0.490 e. The normalized spacial score (nSPS) is 19.3. The Morgan fingerprint density at radius 2 is 2.00 bits per heavy atom. The van der Waals surface area contributed by atoms with Crippen molar-refractivity contribution in [1.82, 2.24) is 9.88 Å². The molecule has 2 aromatic carbocycles. The van der Waals surface area contributed by atoms with E-state index >= 15 is 0 Å². The quantitative estimate of drug-likeness (QED) is 0.603. The van der Waals surface area contributed by atoms with Crippen LogP contribution in [0.5, 0.6) is 5.75 Å². The van der Waals surface area contributed by atoms with Crippen molar-refractivity contribution in [2.24, 2.45) is 0 Å².